The Morgan fingerprint density at radius 1 is 1.29 bits per heavy atom. The van der Waals surface area contributed by atoms with Crippen LogP contribution < -0.4 is 5.32 Å². The van der Waals surface area contributed by atoms with Crippen LogP contribution in [0.15, 0.2) is 42.9 Å². The van der Waals surface area contributed by atoms with Crippen LogP contribution in [0.4, 0.5) is 5.13 Å². The van der Waals surface area contributed by atoms with E-state index in [1.165, 1.54) is 29.9 Å². The highest BCUT2D eigenvalue weighted by molar-refractivity contribution is 7.15. The number of carbonyl (C=O) groups is 2. The largest absolute Gasteiger partial charge is 0.333 e. The number of carbonyl (C=O) groups excluding carboxylic acids is 2. The molecule has 4 rings (SSSR count). The summed E-state index contributed by atoms with van der Waals surface area (Å²) in [4.78, 5) is 39.9. The Labute approximate surface area is 164 Å². The van der Waals surface area contributed by atoms with E-state index in [0.717, 1.165) is 10.6 Å². The molecule has 0 unspecified atom stereocenters. The lowest BCUT2D eigenvalue weighted by atomic mass is 10.1. The Morgan fingerprint density at radius 2 is 2.18 bits per heavy atom. The van der Waals surface area contributed by atoms with Gasteiger partial charge < -0.3 is 4.90 Å². The molecule has 8 nitrogen and oxygen atoms in total. The third kappa shape index (κ3) is 3.58. The predicted octanol–water partition coefficient (Wildman–Crippen LogP) is 2.26. The predicted molar refractivity (Wildman–Crippen MR) is 102 cm³/mol. The third-order valence-corrected chi connectivity index (χ3v) is 5.27. The normalized spacial score (nSPS) is 12.8. The molecule has 0 saturated carbocycles. The minimum absolute atomic E-state index is 0.124. The fourth-order valence-electron chi connectivity index (χ4n) is 2.90. The lowest BCUT2D eigenvalue weighted by Crippen LogP contribution is -2.35. The molecule has 0 spiro atoms. The molecule has 1 N–H and O–H groups in total. The maximum absolute atomic E-state index is 12.8. The van der Waals surface area contributed by atoms with Gasteiger partial charge in [0.25, 0.3) is 11.8 Å². The van der Waals surface area contributed by atoms with Crippen molar-refractivity contribution in [3.8, 4) is 6.07 Å². The molecular formula is C19H14N6O2S. The number of anilines is 1. The molecule has 3 aromatic rings. The van der Waals surface area contributed by atoms with Crippen LogP contribution in [0.3, 0.4) is 0 Å². The number of nitrogens with zero attached hydrogens (tertiary/aromatic N) is 5. The molecule has 2 aromatic heterocycles. The summed E-state index contributed by atoms with van der Waals surface area (Å²) in [6, 6.07) is 8.72. The van der Waals surface area contributed by atoms with E-state index >= 15 is 0 Å². The zero-order valence-corrected chi connectivity index (χ0v) is 15.4. The first-order valence-corrected chi connectivity index (χ1v) is 9.31. The summed E-state index contributed by atoms with van der Waals surface area (Å²) in [6.45, 7) is 0.952. The van der Waals surface area contributed by atoms with E-state index in [1.807, 2.05) is 6.07 Å². The number of rotatable bonds is 3. The van der Waals surface area contributed by atoms with Gasteiger partial charge in [0, 0.05) is 35.8 Å². The highest BCUT2D eigenvalue weighted by Gasteiger charge is 2.25. The molecule has 0 atom stereocenters. The van der Waals surface area contributed by atoms with E-state index in [4.69, 9.17) is 5.26 Å². The molecular weight excluding hydrogens is 376 g/mol. The zero-order chi connectivity index (χ0) is 19.5. The van der Waals surface area contributed by atoms with Gasteiger partial charge in [-0.3, -0.25) is 19.9 Å². The molecule has 0 saturated heterocycles. The highest BCUT2D eigenvalue weighted by Crippen LogP contribution is 2.29. The van der Waals surface area contributed by atoms with Crippen LogP contribution in [0.2, 0.25) is 0 Å². The average molecular weight is 390 g/mol. The first-order chi connectivity index (χ1) is 13.6. The molecule has 0 radical (unpaired) electrons. The van der Waals surface area contributed by atoms with Crippen molar-refractivity contribution in [1.29, 1.82) is 5.26 Å². The summed E-state index contributed by atoms with van der Waals surface area (Å²) in [6.07, 6.45) is 4.94. The van der Waals surface area contributed by atoms with Crippen LogP contribution in [0.25, 0.3) is 0 Å². The van der Waals surface area contributed by atoms with Gasteiger partial charge in [-0.05, 0) is 18.2 Å². The average Bonchev–Trinajstić information content (AvgIpc) is 3.15. The number of hydrogen-bond acceptors (Lipinski definition) is 7. The Morgan fingerprint density at radius 3 is 2.96 bits per heavy atom. The van der Waals surface area contributed by atoms with E-state index in [0.29, 0.717) is 35.8 Å². The Bertz CT molecular complexity index is 1090. The van der Waals surface area contributed by atoms with E-state index in [-0.39, 0.29) is 17.5 Å². The van der Waals surface area contributed by atoms with Crippen molar-refractivity contribution >= 4 is 28.3 Å². The Balaban J connectivity index is 1.48. The number of fused-ring (bicyclic) bond motifs is 1. The first-order valence-electron chi connectivity index (χ1n) is 8.49. The van der Waals surface area contributed by atoms with Crippen molar-refractivity contribution in [2.75, 3.05) is 11.9 Å². The minimum atomic E-state index is -0.375. The molecule has 2 amide bonds. The van der Waals surface area contributed by atoms with Gasteiger partial charge in [-0.15, -0.1) is 0 Å². The first kappa shape index (κ1) is 17.8. The SMILES string of the molecule is N#Cc1cccc(C(=O)N2CCc3nc(NC(=O)c4cnccn4)sc3C2)c1. The maximum Gasteiger partial charge on any atom is 0.277 e. The molecule has 138 valence electrons. The van der Waals surface area contributed by atoms with Gasteiger partial charge in [-0.1, -0.05) is 17.4 Å². The van der Waals surface area contributed by atoms with Gasteiger partial charge in [-0.25, -0.2) is 9.97 Å². The number of amides is 2. The van der Waals surface area contributed by atoms with Crippen molar-refractivity contribution in [2.24, 2.45) is 0 Å². The van der Waals surface area contributed by atoms with Crippen LogP contribution in [0.5, 0.6) is 0 Å². The van der Waals surface area contributed by atoms with E-state index in [2.05, 4.69) is 20.3 Å². The smallest absolute Gasteiger partial charge is 0.277 e. The standard InChI is InChI=1S/C19H14N6O2S/c20-9-12-2-1-3-13(8-12)18(27)25-7-4-14-16(11-25)28-19(23-14)24-17(26)15-10-21-5-6-22-15/h1-3,5-6,8,10H,4,7,11H2,(H,23,24,26). The molecule has 0 fully saturated rings. The summed E-state index contributed by atoms with van der Waals surface area (Å²) in [5.74, 6) is -0.498. The second kappa shape index (κ2) is 7.54. The van der Waals surface area contributed by atoms with Gasteiger partial charge in [0.1, 0.15) is 5.69 Å². The molecule has 0 bridgehead atoms. The zero-order valence-electron chi connectivity index (χ0n) is 14.6. The van der Waals surface area contributed by atoms with Gasteiger partial charge in [-0.2, -0.15) is 5.26 Å². The Hall–Kier alpha value is -3.64. The number of hydrogen-bond donors (Lipinski definition) is 1. The maximum atomic E-state index is 12.8. The Kier molecular flexibility index (Phi) is 4.78. The van der Waals surface area contributed by atoms with Crippen molar-refractivity contribution < 1.29 is 9.59 Å². The summed E-state index contributed by atoms with van der Waals surface area (Å²) >= 11 is 1.34. The number of thiazole rings is 1. The molecule has 3 heterocycles. The monoisotopic (exact) mass is 390 g/mol. The lowest BCUT2D eigenvalue weighted by Gasteiger charge is -2.26. The summed E-state index contributed by atoms with van der Waals surface area (Å²) < 4.78 is 0. The number of aromatic nitrogens is 3. The fraction of sp³-hybridized carbons (Fsp3) is 0.158. The fourth-order valence-corrected chi connectivity index (χ4v) is 3.92. The number of nitriles is 1. The summed E-state index contributed by atoms with van der Waals surface area (Å²) in [5, 5.41) is 12.2. The van der Waals surface area contributed by atoms with Crippen molar-refractivity contribution in [1.82, 2.24) is 19.9 Å². The van der Waals surface area contributed by atoms with Crippen LogP contribution in [0, 0.1) is 11.3 Å². The van der Waals surface area contributed by atoms with E-state index in [9.17, 15) is 9.59 Å². The molecule has 9 heteroatoms. The molecule has 1 aliphatic rings. The van der Waals surface area contributed by atoms with Gasteiger partial charge in [0.2, 0.25) is 0 Å². The van der Waals surface area contributed by atoms with Crippen LogP contribution >= 0.6 is 11.3 Å². The van der Waals surface area contributed by atoms with Crippen LogP contribution in [0.1, 0.15) is 37.0 Å². The van der Waals surface area contributed by atoms with Gasteiger partial charge in [0.15, 0.2) is 5.13 Å². The van der Waals surface area contributed by atoms with Crippen LogP contribution in [-0.2, 0) is 13.0 Å². The van der Waals surface area contributed by atoms with Crippen molar-refractivity contribution in [2.45, 2.75) is 13.0 Å². The van der Waals surface area contributed by atoms with E-state index in [1.54, 1.807) is 29.2 Å². The van der Waals surface area contributed by atoms with Gasteiger partial charge >= 0.3 is 0 Å². The molecule has 0 aliphatic carbocycles. The second-order valence-electron chi connectivity index (χ2n) is 6.10. The summed E-state index contributed by atoms with van der Waals surface area (Å²) in [5.41, 5.74) is 2.04. The van der Waals surface area contributed by atoms with Crippen molar-refractivity contribution in [3.63, 3.8) is 0 Å². The minimum Gasteiger partial charge on any atom is -0.333 e. The molecule has 1 aliphatic heterocycles. The van der Waals surface area contributed by atoms with E-state index < -0.39 is 0 Å². The number of nitrogens with one attached hydrogen (secondary N) is 1. The number of benzene rings is 1. The van der Waals surface area contributed by atoms with Gasteiger partial charge in [0.05, 0.1) is 30.1 Å². The highest BCUT2D eigenvalue weighted by atomic mass is 32.1. The quantitative estimate of drug-likeness (QED) is 0.734. The third-order valence-electron chi connectivity index (χ3n) is 4.27. The second-order valence-corrected chi connectivity index (χ2v) is 7.19. The van der Waals surface area contributed by atoms with Crippen LogP contribution in [-0.4, -0.2) is 38.2 Å². The van der Waals surface area contributed by atoms with Crippen molar-refractivity contribution in [3.05, 3.63) is 70.2 Å². The molecule has 1 aromatic carbocycles. The summed E-state index contributed by atoms with van der Waals surface area (Å²) in [7, 11) is 0. The molecule has 28 heavy (non-hydrogen) atoms. The topological polar surface area (TPSA) is 112 Å². The lowest BCUT2D eigenvalue weighted by molar-refractivity contribution is 0.0736.